The fraction of sp³-hybridized carbons (Fsp3) is 0.500. The number of aromatic nitrogens is 3. The van der Waals surface area contributed by atoms with Crippen LogP contribution < -0.4 is 11.3 Å². The maximum absolute atomic E-state index is 5.36. The van der Waals surface area contributed by atoms with Gasteiger partial charge in [-0.2, -0.15) is 5.10 Å². The predicted molar refractivity (Wildman–Crippen MR) is 49.1 cm³/mol. The highest BCUT2D eigenvalue weighted by Crippen LogP contribution is 2.12. The van der Waals surface area contributed by atoms with Crippen LogP contribution in [0.2, 0.25) is 0 Å². The highest BCUT2D eigenvalue weighted by atomic mass is 15.3. The van der Waals surface area contributed by atoms with Gasteiger partial charge in [0.05, 0.1) is 6.04 Å². The molecule has 13 heavy (non-hydrogen) atoms. The van der Waals surface area contributed by atoms with Crippen molar-refractivity contribution in [1.82, 2.24) is 20.6 Å². The van der Waals surface area contributed by atoms with E-state index in [1.807, 2.05) is 0 Å². The fourth-order valence-electron chi connectivity index (χ4n) is 1.09. The molecule has 5 heteroatoms. The Balaban J connectivity index is 2.41. The number of hydrogen-bond acceptors (Lipinski definition) is 4. The average molecular weight is 179 g/mol. The molecule has 0 aromatic carbocycles. The van der Waals surface area contributed by atoms with Crippen molar-refractivity contribution in [2.24, 2.45) is 5.84 Å². The Morgan fingerprint density at radius 1 is 1.77 bits per heavy atom. The summed E-state index contributed by atoms with van der Waals surface area (Å²) in [6.45, 7) is 0. The van der Waals surface area contributed by atoms with Crippen molar-refractivity contribution in [3.8, 4) is 12.3 Å². The summed E-state index contributed by atoms with van der Waals surface area (Å²) in [6, 6.07) is 0.0100. The first-order valence-electron chi connectivity index (χ1n) is 4.13. The molecule has 0 radical (unpaired) electrons. The minimum atomic E-state index is 0.0100. The summed E-state index contributed by atoms with van der Waals surface area (Å²) < 4.78 is 0. The van der Waals surface area contributed by atoms with Gasteiger partial charge in [0.2, 0.25) is 0 Å². The summed E-state index contributed by atoms with van der Waals surface area (Å²) in [6.07, 6.45) is 9.13. The van der Waals surface area contributed by atoms with Crippen molar-refractivity contribution in [2.45, 2.75) is 25.3 Å². The van der Waals surface area contributed by atoms with Gasteiger partial charge < -0.3 is 0 Å². The molecule has 0 bridgehead atoms. The number of nitrogens with one attached hydrogen (secondary N) is 2. The number of nitrogens with two attached hydrogens (primary N) is 1. The van der Waals surface area contributed by atoms with Gasteiger partial charge in [-0.15, -0.1) is 12.3 Å². The molecule has 1 unspecified atom stereocenters. The molecule has 70 valence electrons. The van der Waals surface area contributed by atoms with Crippen molar-refractivity contribution in [1.29, 1.82) is 0 Å². The minimum Gasteiger partial charge on any atom is -0.271 e. The molecule has 0 amide bonds. The van der Waals surface area contributed by atoms with Gasteiger partial charge in [-0.3, -0.25) is 10.9 Å². The highest BCUT2D eigenvalue weighted by Gasteiger charge is 2.10. The zero-order chi connectivity index (χ0) is 9.52. The lowest BCUT2D eigenvalue weighted by Crippen LogP contribution is -2.28. The number of H-pyrrole nitrogens is 1. The van der Waals surface area contributed by atoms with Crippen LogP contribution >= 0.6 is 0 Å². The molecule has 1 aromatic heterocycles. The highest BCUT2D eigenvalue weighted by molar-refractivity contribution is 4.91. The molecule has 1 heterocycles. The first kappa shape index (κ1) is 9.71. The Hall–Kier alpha value is -1.38. The van der Waals surface area contributed by atoms with Gasteiger partial charge in [0.15, 0.2) is 0 Å². The number of rotatable bonds is 5. The molecule has 0 fully saturated rings. The molecule has 0 saturated carbocycles. The average Bonchev–Trinajstić information content (AvgIpc) is 2.65. The van der Waals surface area contributed by atoms with Gasteiger partial charge in [-0.25, -0.2) is 10.4 Å². The minimum absolute atomic E-state index is 0.0100. The van der Waals surface area contributed by atoms with Crippen molar-refractivity contribution in [3.05, 3.63) is 12.2 Å². The maximum Gasteiger partial charge on any atom is 0.142 e. The van der Waals surface area contributed by atoms with E-state index in [4.69, 9.17) is 12.3 Å². The smallest absolute Gasteiger partial charge is 0.142 e. The van der Waals surface area contributed by atoms with Crippen molar-refractivity contribution in [2.75, 3.05) is 0 Å². The predicted octanol–water partition coefficient (Wildman–Crippen LogP) is 0.113. The normalized spacial score (nSPS) is 12.3. The molecule has 0 saturated heterocycles. The number of hydrogen-bond donors (Lipinski definition) is 3. The standard InChI is InChI=1S/C8H13N5/c1-2-3-4-5-7(12-9)8-10-6-11-13-8/h1,6-7,12H,3-5,9H2,(H,10,11,13). The summed E-state index contributed by atoms with van der Waals surface area (Å²) in [5.74, 6) is 8.68. The van der Waals surface area contributed by atoms with Gasteiger partial charge in [0.1, 0.15) is 12.2 Å². The third-order valence-electron chi connectivity index (χ3n) is 1.78. The SMILES string of the molecule is C#CCCCC(NN)c1ncn[nH]1. The van der Waals surface area contributed by atoms with E-state index in [1.165, 1.54) is 6.33 Å². The fourth-order valence-corrected chi connectivity index (χ4v) is 1.09. The van der Waals surface area contributed by atoms with Crippen molar-refractivity contribution in [3.63, 3.8) is 0 Å². The van der Waals surface area contributed by atoms with E-state index in [0.717, 1.165) is 25.1 Å². The van der Waals surface area contributed by atoms with Crippen LogP contribution in [0.25, 0.3) is 0 Å². The quantitative estimate of drug-likeness (QED) is 0.259. The van der Waals surface area contributed by atoms with Crippen molar-refractivity contribution >= 4 is 0 Å². The lowest BCUT2D eigenvalue weighted by Gasteiger charge is -2.10. The third kappa shape index (κ3) is 2.86. The number of terminal acetylenes is 1. The van der Waals surface area contributed by atoms with Crippen LogP contribution in [0.5, 0.6) is 0 Å². The molecule has 1 aromatic rings. The molecule has 4 N–H and O–H groups in total. The lowest BCUT2D eigenvalue weighted by molar-refractivity contribution is 0.480. The van der Waals surface area contributed by atoms with E-state index < -0.39 is 0 Å². The monoisotopic (exact) mass is 179 g/mol. The molecular weight excluding hydrogens is 166 g/mol. The summed E-state index contributed by atoms with van der Waals surface area (Å²) in [5.41, 5.74) is 2.66. The largest absolute Gasteiger partial charge is 0.271 e. The van der Waals surface area contributed by atoms with E-state index in [1.54, 1.807) is 0 Å². The molecule has 0 aliphatic heterocycles. The van der Waals surface area contributed by atoms with Crippen LogP contribution in [0.3, 0.4) is 0 Å². The summed E-state index contributed by atoms with van der Waals surface area (Å²) >= 11 is 0. The molecule has 5 nitrogen and oxygen atoms in total. The van der Waals surface area contributed by atoms with Crippen molar-refractivity contribution < 1.29 is 0 Å². The molecule has 0 spiro atoms. The number of nitrogens with zero attached hydrogens (tertiary/aromatic N) is 2. The second kappa shape index (κ2) is 5.30. The topological polar surface area (TPSA) is 79.6 Å². The molecular formula is C8H13N5. The number of unbranched alkanes of at least 4 members (excludes halogenated alkanes) is 1. The van der Waals surface area contributed by atoms with E-state index in [2.05, 4.69) is 26.5 Å². The Kier molecular flexibility index (Phi) is 3.96. The summed E-state index contributed by atoms with van der Waals surface area (Å²) in [7, 11) is 0. The van der Waals surface area contributed by atoms with E-state index >= 15 is 0 Å². The van der Waals surface area contributed by atoms with Gasteiger partial charge in [-0.1, -0.05) is 0 Å². The van der Waals surface area contributed by atoms with Crippen LogP contribution in [0.1, 0.15) is 31.1 Å². The van der Waals surface area contributed by atoms with Crippen LogP contribution in [0.4, 0.5) is 0 Å². The first-order chi connectivity index (χ1) is 6.38. The van der Waals surface area contributed by atoms with Gasteiger partial charge in [0, 0.05) is 6.42 Å². The lowest BCUT2D eigenvalue weighted by atomic mass is 10.1. The Morgan fingerprint density at radius 3 is 3.15 bits per heavy atom. The van der Waals surface area contributed by atoms with E-state index in [0.29, 0.717) is 0 Å². The Labute approximate surface area is 77.1 Å². The number of aromatic amines is 1. The Bertz CT molecular complexity index is 261. The van der Waals surface area contributed by atoms with E-state index in [-0.39, 0.29) is 6.04 Å². The van der Waals surface area contributed by atoms with Crippen LogP contribution in [-0.4, -0.2) is 15.2 Å². The Morgan fingerprint density at radius 2 is 2.62 bits per heavy atom. The summed E-state index contributed by atoms with van der Waals surface area (Å²) in [4.78, 5) is 4.01. The number of hydrazine groups is 1. The van der Waals surface area contributed by atoms with Gasteiger partial charge >= 0.3 is 0 Å². The van der Waals surface area contributed by atoms with Gasteiger partial charge in [0.25, 0.3) is 0 Å². The van der Waals surface area contributed by atoms with Gasteiger partial charge in [-0.05, 0) is 12.8 Å². The van der Waals surface area contributed by atoms with E-state index in [9.17, 15) is 0 Å². The molecule has 0 aliphatic carbocycles. The molecule has 0 aliphatic rings. The summed E-state index contributed by atoms with van der Waals surface area (Å²) in [5, 5.41) is 6.51. The second-order valence-corrected chi connectivity index (χ2v) is 2.69. The third-order valence-corrected chi connectivity index (χ3v) is 1.78. The van der Waals surface area contributed by atoms with Crippen LogP contribution in [0, 0.1) is 12.3 Å². The molecule has 1 atom stereocenters. The zero-order valence-corrected chi connectivity index (χ0v) is 7.33. The van der Waals surface area contributed by atoms with Crippen LogP contribution in [-0.2, 0) is 0 Å². The second-order valence-electron chi connectivity index (χ2n) is 2.69. The maximum atomic E-state index is 5.36. The van der Waals surface area contributed by atoms with Crippen LogP contribution in [0.15, 0.2) is 6.33 Å². The molecule has 1 rings (SSSR count). The zero-order valence-electron chi connectivity index (χ0n) is 7.33. The first-order valence-corrected chi connectivity index (χ1v) is 4.13.